The molecule has 0 aromatic heterocycles. The fourth-order valence-corrected chi connectivity index (χ4v) is 2.44. The number of hydrogen-bond acceptors (Lipinski definition) is 2. The lowest BCUT2D eigenvalue weighted by Crippen LogP contribution is -2.27. The number of aryl methyl sites for hydroxylation is 2. The Labute approximate surface area is 118 Å². The van der Waals surface area contributed by atoms with Crippen LogP contribution in [0.5, 0.6) is 0 Å². The summed E-state index contributed by atoms with van der Waals surface area (Å²) in [6.07, 6.45) is 2.14. The van der Waals surface area contributed by atoms with Gasteiger partial charge in [0.2, 0.25) is 0 Å². The summed E-state index contributed by atoms with van der Waals surface area (Å²) >= 11 is 0. The molecule has 0 saturated heterocycles. The van der Waals surface area contributed by atoms with Crippen molar-refractivity contribution in [3.05, 3.63) is 34.9 Å². The minimum Gasteiger partial charge on any atom is -0.379 e. The van der Waals surface area contributed by atoms with E-state index in [1.165, 1.54) is 16.7 Å². The molecule has 1 aromatic carbocycles. The van der Waals surface area contributed by atoms with E-state index in [0.717, 1.165) is 19.4 Å². The average molecular weight is 263 g/mol. The van der Waals surface area contributed by atoms with Crippen LogP contribution in [0.1, 0.15) is 56.3 Å². The van der Waals surface area contributed by atoms with Crippen LogP contribution in [-0.4, -0.2) is 19.3 Å². The van der Waals surface area contributed by atoms with Gasteiger partial charge >= 0.3 is 0 Å². The van der Waals surface area contributed by atoms with E-state index in [1.807, 2.05) is 0 Å². The molecule has 0 bridgehead atoms. The van der Waals surface area contributed by atoms with Crippen LogP contribution in [-0.2, 0) is 4.74 Å². The molecule has 19 heavy (non-hydrogen) atoms. The maximum Gasteiger partial charge on any atom is 0.0623 e. The topological polar surface area (TPSA) is 21.3 Å². The number of ether oxygens (including phenoxy) is 1. The highest BCUT2D eigenvalue weighted by Crippen LogP contribution is 2.25. The van der Waals surface area contributed by atoms with E-state index in [-0.39, 0.29) is 5.60 Å². The van der Waals surface area contributed by atoms with Crippen molar-refractivity contribution in [3.63, 3.8) is 0 Å². The quantitative estimate of drug-likeness (QED) is 0.797. The van der Waals surface area contributed by atoms with Gasteiger partial charge in [-0.15, -0.1) is 0 Å². The van der Waals surface area contributed by atoms with Crippen LogP contribution in [0.3, 0.4) is 0 Å². The van der Waals surface area contributed by atoms with Gasteiger partial charge in [0.25, 0.3) is 0 Å². The van der Waals surface area contributed by atoms with E-state index >= 15 is 0 Å². The fraction of sp³-hybridized carbons (Fsp3) is 0.647. The Morgan fingerprint density at radius 3 is 2.21 bits per heavy atom. The molecule has 1 unspecified atom stereocenters. The molecule has 0 amide bonds. The van der Waals surface area contributed by atoms with Crippen LogP contribution in [0, 0.1) is 13.8 Å². The molecule has 2 heteroatoms. The summed E-state index contributed by atoms with van der Waals surface area (Å²) in [6.45, 7) is 11.8. The first-order chi connectivity index (χ1) is 8.88. The lowest BCUT2D eigenvalue weighted by Gasteiger charge is -2.27. The summed E-state index contributed by atoms with van der Waals surface area (Å²) in [6, 6.07) is 7.23. The minimum absolute atomic E-state index is 0.0491. The summed E-state index contributed by atoms with van der Waals surface area (Å²) in [5.74, 6) is 0. The van der Waals surface area contributed by atoms with Gasteiger partial charge in [0, 0.05) is 13.2 Å². The molecule has 0 radical (unpaired) electrons. The van der Waals surface area contributed by atoms with Gasteiger partial charge in [-0.2, -0.15) is 0 Å². The molecular weight excluding hydrogens is 234 g/mol. The van der Waals surface area contributed by atoms with Crippen molar-refractivity contribution >= 4 is 0 Å². The van der Waals surface area contributed by atoms with E-state index in [4.69, 9.17) is 4.74 Å². The maximum absolute atomic E-state index is 5.52. The standard InChI is InChI=1S/C17H29NO/c1-7-18-16(8-9-17(4,5)19-6)15-11-13(2)10-14(3)12-15/h10-12,16,18H,7-9H2,1-6H3. The van der Waals surface area contributed by atoms with Crippen LogP contribution in [0.25, 0.3) is 0 Å². The van der Waals surface area contributed by atoms with Crippen LogP contribution < -0.4 is 5.32 Å². The first-order valence-corrected chi connectivity index (χ1v) is 7.24. The molecule has 0 fully saturated rings. The number of hydrogen-bond donors (Lipinski definition) is 1. The highest BCUT2D eigenvalue weighted by molar-refractivity contribution is 5.30. The smallest absolute Gasteiger partial charge is 0.0623 e. The maximum atomic E-state index is 5.52. The zero-order valence-electron chi connectivity index (χ0n) is 13.3. The zero-order valence-corrected chi connectivity index (χ0v) is 13.3. The first-order valence-electron chi connectivity index (χ1n) is 7.24. The highest BCUT2D eigenvalue weighted by atomic mass is 16.5. The zero-order chi connectivity index (χ0) is 14.5. The normalized spacial score (nSPS) is 13.6. The lowest BCUT2D eigenvalue weighted by atomic mass is 9.93. The van der Waals surface area contributed by atoms with Gasteiger partial charge in [0.05, 0.1) is 5.60 Å². The molecule has 0 aliphatic carbocycles. The third-order valence-corrected chi connectivity index (χ3v) is 3.68. The van der Waals surface area contributed by atoms with Crippen molar-refractivity contribution in [2.75, 3.05) is 13.7 Å². The Bertz CT molecular complexity index is 378. The Hall–Kier alpha value is -0.860. The van der Waals surface area contributed by atoms with Crippen LogP contribution in [0.2, 0.25) is 0 Å². The monoisotopic (exact) mass is 263 g/mol. The van der Waals surface area contributed by atoms with Crippen molar-refractivity contribution in [1.82, 2.24) is 5.32 Å². The third-order valence-electron chi connectivity index (χ3n) is 3.68. The second-order valence-electron chi connectivity index (χ2n) is 6.03. The fourth-order valence-electron chi connectivity index (χ4n) is 2.44. The molecule has 2 nitrogen and oxygen atoms in total. The second-order valence-corrected chi connectivity index (χ2v) is 6.03. The molecule has 0 aliphatic heterocycles. The number of methoxy groups -OCH3 is 1. The summed E-state index contributed by atoms with van der Waals surface area (Å²) in [7, 11) is 1.79. The first kappa shape index (κ1) is 16.2. The molecule has 1 aromatic rings. The molecule has 0 heterocycles. The van der Waals surface area contributed by atoms with E-state index in [1.54, 1.807) is 7.11 Å². The molecular formula is C17H29NO. The Morgan fingerprint density at radius 2 is 1.74 bits per heavy atom. The van der Waals surface area contributed by atoms with E-state index in [9.17, 15) is 0 Å². The van der Waals surface area contributed by atoms with E-state index < -0.39 is 0 Å². The van der Waals surface area contributed by atoms with Crippen LogP contribution in [0.15, 0.2) is 18.2 Å². The van der Waals surface area contributed by atoms with Crippen molar-refractivity contribution in [2.24, 2.45) is 0 Å². The molecule has 1 rings (SSSR count). The molecule has 0 spiro atoms. The Morgan fingerprint density at radius 1 is 1.16 bits per heavy atom. The molecule has 1 atom stereocenters. The Kier molecular flexibility index (Phi) is 6.02. The van der Waals surface area contributed by atoms with Crippen molar-refractivity contribution < 1.29 is 4.74 Å². The van der Waals surface area contributed by atoms with Gasteiger partial charge in [-0.25, -0.2) is 0 Å². The van der Waals surface area contributed by atoms with Crippen LogP contribution in [0.4, 0.5) is 0 Å². The molecule has 1 N–H and O–H groups in total. The lowest BCUT2D eigenvalue weighted by molar-refractivity contribution is 0.0117. The summed E-state index contributed by atoms with van der Waals surface area (Å²) in [4.78, 5) is 0. The van der Waals surface area contributed by atoms with Gasteiger partial charge in [0.15, 0.2) is 0 Å². The predicted molar refractivity (Wildman–Crippen MR) is 82.7 cm³/mol. The SMILES string of the molecule is CCNC(CCC(C)(C)OC)c1cc(C)cc(C)c1. The molecule has 0 saturated carbocycles. The van der Waals surface area contributed by atoms with Crippen molar-refractivity contribution in [3.8, 4) is 0 Å². The van der Waals surface area contributed by atoms with Gasteiger partial charge in [-0.1, -0.05) is 36.2 Å². The van der Waals surface area contributed by atoms with Gasteiger partial charge in [-0.05, 0) is 52.6 Å². The third kappa shape index (κ3) is 5.33. The largest absolute Gasteiger partial charge is 0.379 e. The number of nitrogens with one attached hydrogen (secondary N) is 1. The van der Waals surface area contributed by atoms with Crippen molar-refractivity contribution in [1.29, 1.82) is 0 Å². The van der Waals surface area contributed by atoms with E-state index in [0.29, 0.717) is 6.04 Å². The molecule has 108 valence electrons. The summed E-state index contributed by atoms with van der Waals surface area (Å²) in [5, 5.41) is 3.59. The summed E-state index contributed by atoms with van der Waals surface area (Å²) in [5.41, 5.74) is 4.02. The minimum atomic E-state index is -0.0491. The summed E-state index contributed by atoms with van der Waals surface area (Å²) < 4.78 is 5.52. The molecule has 0 aliphatic rings. The number of benzene rings is 1. The average Bonchev–Trinajstić information content (AvgIpc) is 2.33. The van der Waals surface area contributed by atoms with Gasteiger partial charge < -0.3 is 10.1 Å². The number of rotatable bonds is 7. The van der Waals surface area contributed by atoms with Crippen LogP contribution >= 0.6 is 0 Å². The second kappa shape index (κ2) is 7.06. The van der Waals surface area contributed by atoms with Gasteiger partial charge in [-0.3, -0.25) is 0 Å². The van der Waals surface area contributed by atoms with Crippen molar-refractivity contribution in [2.45, 2.75) is 59.1 Å². The Balaban J connectivity index is 2.82. The van der Waals surface area contributed by atoms with E-state index in [2.05, 4.69) is 58.1 Å². The van der Waals surface area contributed by atoms with Gasteiger partial charge in [0.1, 0.15) is 0 Å². The predicted octanol–water partition coefficient (Wildman–Crippen LogP) is 4.16. The highest BCUT2D eigenvalue weighted by Gasteiger charge is 2.20.